The molecule has 104 valence electrons. The van der Waals surface area contributed by atoms with Crippen molar-refractivity contribution in [3.05, 3.63) is 16.3 Å². The molecule has 3 rings (SSSR count). The largest absolute Gasteiger partial charge is 0.348 e. The molecule has 0 saturated carbocycles. The van der Waals surface area contributed by atoms with E-state index < -0.39 is 0 Å². The number of rotatable bonds is 3. The van der Waals surface area contributed by atoms with Gasteiger partial charge in [-0.3, -0.25) is 10.1 Å². The number of aromatic nitrogens is 1. The van der Waals surface area contributed by atoms with E-state index in [-0.39, 0.29) is 9.92 Å². The summed E-state index contributed by atoms with van der Waals surface area (Å²) < 4.78 is 0. The molecule has 1 aromatic rings. The predicted octanol–water partition coefficient (Wildman–Crippen LogP) is 2.02. The second-order valence-corrected chi connectivity index (χ2v) is 6.25. The average molecular weight is 282 g/mol. The SMILES string of the molecule is O=[N+]([O-])c1cnc(N2CCC(C3CCCN3)CC2)s1. The van der Waals surface area contributed by atoms with Crippen LogP contribution in [-0.4, -0.2) is 35.6 Å². The lowest BCUT2D eigenvalue weighted by molar-refractivity contribution is -0.380. The van der Waals surface area contributed by atoms with Gasteiger partial charge >= 0.3 is 5.00 Å². The fraction of sp³-hybridized carbons (Fsp3) is 0.750. The summed E-state index contributed by atoms with van der Waals surface area (Å²) in [5, 5.41) is 15.2. The van der Waals surface area contributed by atoms with E-state index in [2.05, 4.69) is 15.2 Å². The highest BCUT2D eigenvalue weighted by molar-refractivity contribution is 7.18. The van der Waals surface area contributed by atoms with Crippen molar-refractivity contribution < 1.29 is 4.92 Å². The molecule has 0 aromatic carbocycles. The molecule has 6 nitrogen and oxygen atoms in total. The minimum absolute atomic E-state index is 0.134. The number of hydrogen-bond acceptors (Lipinski definition) is 6. The first-order chi connectivity index (χ1) is 9.24. The fourth-order valence-corrected chi connectivity index (χ4v) is 3.88. The van der Waals surface area contributed by atoms with E-state index in [1.807, 2.05) is 0 Å². The van der Waals surface area contributed by atoms with Gasteiger partial charge < -0.3 is 10.2 Å². The third kappa shape index (κ3) is 2.71. The van der Waals surface area contributed by atoms with Crippen LogP contribution in [0.3, 0.4) is 0 Å². The molecule has 0 spiro atoms. The van der Waals surface area contributed by atoms with Crippen LogP contribution in [0.25, 0.3) is 0 Å². The Balaban J connectivity index is 1.58. The van der Waals surface area contributed by atoms with Gasteiger partial charge in [-0.2, -0.15) is 0 Å². The van der Waals surface area contributed by atoms with Gasteiger partial charge in [0.25, 0.3) is 0 Å². The van der Waals surface area contributed by atoms with Crippen LogP contribution >= 0.6 is 11.3 Å². The van der Waals surface area contributed by atoms with Crippen LogP contribution in [0.1, 0.15) is 25.7 Å². The van der Waals surface area contributed by atoms with Crippen LogP contribution in [0.2, 0.25) is 0 Å². The number of nitrogens with one attached hydrogen (secondary N) is 1. The van der Waals surface area contributed by atoms with E-state index >= 15 is 0 Å². The first-order valence-corrected chi connectivity index (χ1v) is 7.64. The van der Waals surface area contributed by atoms with Crippen molar-refractivity contribution >= 4 is 21.5 Å². The predicted molar refractivity (Wildman–Crippen MR) is 74.7 cm³/mol. The highest BCUT2D eigenvalue weighted by Crippen LogP contribution is 2.32. The molecule has 1 N–H and O–H groups in total. The van der Waals surface area contributed by atoms with Crippen molar-refractivity contribution in [2.24, 2.45) is 5.92 Å². The van der Waals surface area contributed by atoms with Crippen molar-refractivity contribution in [1.29, 1.82) is 0 Å². The molecule has 19 heavy (non-hydrogen) atoms. The lowest BCUT2D eigenvalue weighted by atomic mass is 9.89. The quantitative estimate of drug-likeness (QED) is 0.678. The lowest BCUT2D eigenvalue weighted by Crippen LogP contribution is -2.40. The molecular weight excluding hydrogens is 264 g/mol. The number of anilines is 1. The molecule has 2 saturated heterocycles. The topological polar surface area (TPSA) is 71.3 Å². The first-order valence-electron chi connectivity index (χ1n) is 6.82. The molecular formula is C12H18N4O2S. The summed E-state index contributed by atoms with van der Waals surface area (Å²) >= 11 is 1.18. The fourth-order valence-electron chi connectivity index (χ4n) is 3.09. The van der Waals surface area contributed by atoms with Gasteiger partial charge in [0.15, 0.2) is 5.13 Å². The van der Waals surface area contributed by atoms with Gasteiger partial charge in [-0.15, -0.1) is 0 Å². The molecule has 0 radical (unpaired) electrons. The third-order valence-corrected chi connectivity index (χ3v) is 5.15. The van der Waals surface area contributed by atoms with Crippen molar-refractivity contribution in [3.63, 3.8) is 0 Å². The maximum Gasteiger partial charge on any atom is 0.345 e. The number of piperidine rings is 1. The smallest absolute Gasteiger partial charge is 0.345 e. The second kappa shape index (κ2) is 5.42. The van der Waals surface area contributed by atoms with Crippen molar-refractivity contribution in [3.8, 4) is 0 Å². The minimum atomic E-state index is -0.365. The molecule has 2 aliphatic rings. The summed E-state index contributed by atoms with van der Waals surface area (Å²) in [4.78, 5) is 16.7. The standard InChI is InChI=1S/C12H18N4O2S/c17-16(18)11-8-14-12(19-11)15-6-3-9(4-7-15)10-2-1-5-13-10/h8-10,13H,1-7H2. The maximum atomic E-state index is 10.7. The number of hydrogen-bond donors (Lipinski definition) is 1. The Morgan fingerprint density at radius 2 is 2.21 bits per heavy atom. The third-order valence-electron chi connectivity index (χ3n) is 4.14. The second-order valence-electron chi connectivity index (χ2n) is 5.27. The van der Waals surface area contributed by atoms with Gasteiger partial charge in [-0.05, 0) is 49.5 Å². The van der Waals surface area contributed by atoms with Gasteiger partial charge in [0.1, 0.15) is 6.20 Å². The lowest BCUT2D eigenvalue weighted by Gasteiger charge is -2.34. The Hall–Kier alpha value is -1.21. The maximum absolute atomic E-state index is 10.7. The number of thiazole rings is 1. The van der Waals surface area contributed by atoms with Crippen molar-refractivity contribution in [1.82, 2.24) is 10.3 Å². The van der Waals surface area contributed by atoms with E-state index in [0.29, 0.717) is 6.04 Å². The zero-order valence-corrected chi connectivity index (χ0v) is 11.6. The monoisotopic (exact) mass is 282 g/mol. The van der Waals surface area contributed by atoms with E-state index in [1.165, 1.54) is 30.4 Å². The Bertz CT molecular complexity index is 450. The minimum Gasteiger partial charge on any atom is -0.348 e. The highest BCUT2D eigenvalue weighted by Gasteiger charge is 2.29. The molecule has 0 bridgehead atoms. The van der Waals surface area contributed by atoms with Crippen LogP contribution in [0.5, 0.6) is 0 Å². The number of nitro groups is 1. The van der Waals surface area contributed by atoms with Crippen LogP contribution in [-0.2, 0) is 0 Å². The van der Waals surface area contributed by atoms with Crippen LogP contribution in [0, 0.1) is 16.0 Å². The van der Waals surface area contributed by atoms with Gasteiger partial charge in [0.05, 0.1) is 4.92 Å². The summed E-state index contributed by atoms with van der Waals surface area (Å²) in [5.74, 6) is 0.758. The van der Waals surface area contributed by atoms with E-state index in [0.717, 1.165) is 43.5 Å². The van der Waals surface area contributed by atoms with E-state index in [9.17, 15) is 10.1 Å². The van der Waals surface area contributed by atoms with Crippen LogP contribution in [0.15, 0.2) is 6.20 Å². The Labute approximate surface area is 116 Å². The van der Waals surface area contributed by atoms with E-state index in [1.54, 1.807) is 0 Å². The molecule has 1 atom stereocenters. The zero-order valence-electron chi connectivity index (χ0n) is 10.7. The molecule has 0 aliphatic carbocycles. The van der Waals surface area contributed by atoms with Gasteiger partial charge in [0, 0.05) is 19.1 Å². The molecule has 0 amide bonds. The molecule has 7 heteroatoms. The van der Waals surface area contributed by atoms with Gasteiger partial charge in [0.2, 0.25) is 0 Å². The van der Waals surface area contributed by atoms with E-state index in [4.69, 9.17) is 0 Å². The highest BCUT2D eigenvalue weighted by atomic mass is 32.1. The zero-order chi connectivity index (χ0) is 13.2. The average Bonchev–Trinajstić information content (AvgIpc) is 3.11. The van der Waals surface area contributed by atoms with Crippen LogP contribution < -0.4 is 10.2 Å². The first kappa shape index (κ1) is 12.8. The molecule has 2 aliphatic heterocycles. The Morgan fingerprint density at radius 1 is 1.42 bits per heavy atom. The number of nitrogens with zero attached hydrogens (tertiary/aromatic N) is 3. The summed E-state index contributed by atoms with van der Waals surface area (Å²) in [6.45, 7) is 3.09. The summed E-state index contributed by atoms with van der Waals surface area (Å²) in [7, 11) is 0. The summed E-state index contributed by atoms with van der Waals surface area (Å²) in [6, 6.07) is 0.688. The Kier molecular flexibility index (Phi) is 3.65. The van der Waals surface area contributed by atoms with Crippen molar-refractivity contribution in [2.45, 2.75) is 31.7 Å². The molecule has 1 unspecified atom stereocenters. The molecule has 1 aromatic heterocycles. The van der Waals surface area contributed by atoms with Crippen molar-refractivity contribution in [2.75, 3.05) is 24.5 Å². The molecule has 3 heterocycles. The van der Waals surface area contributed by atoms with Crippen LogP contribution in [0.4, 0.5) is 10.1 Å². The summed E-state index contributed by atoms with van der Waals surface area (Å²) in [5.41, 5.74) is 0. The van der Waals surface area contributed by atoms with Gasteiger partial charge in [-0.25, -0.2) is 4.98 Å². The molecule has 2 fully saturated rings. The summed E-state index contributed by atoms with van der Waals surface area (Å²) in [6.07, 6.45) is 6.28. The Morgan fingerprint density at radius 3 is 2.79 bits per heavy atom. The van der Waals surface area contributed by atoms with Gasteiger partial charge in [-0.1, -0.05) is 0 Å². The normalized spacial score (nSPS) is 24.8.